The lowest BCUT2D eigenvalue weighted by atomic mass is 10.2. The van der Waals surface area contributed by atoms with E-state index < -0.39 is 0 Å². The van der Waals surface area contributed by atoms with E-state index in [-0.39, 0.29) is 0 Å². The van der Waals surface area contributed by atoms with Crippen molar-refractivity contribution in [2.75, 3.05) is 18.5 Å². The molecule has 106 valence electrons. The van der Waals surface area contributed by atoms with Crippen LogP contribution >= 0.6 is 43.5 Å². The predicted octanol–water partition coefficient (Wildman–Crippen LogP) is 5.66. The van der Waals surface area contributed by atoms with Gasteiger partial charge in [0, 0.05) is 21.2 Å². The first-order valence-corrected chi connectivity index (χ1v) is 8.10. The van der Waals surface area contributed by atoms with E-state index in [0.717, 1.165) is 25.9 Å². The second-order valence-electron chi connectivity index (χ2n) is 4.32. The number of rotatable bonds is 5. The number of nitrogens with one attached hydrogen (secondary N) is 1. The molecule has 0 saturated heterocycles. The highest BCUT2D eigenvalue weighted by Gasteiger charge is 2.06. The van der Waals surface area contributed by atoms with Gasteiger partial charge < -0.3 is 10.1 Å². The Morgan fingerprint density at radius 3 is 2.65 bits per heavy atom. The minimum atomic E-state index is 0.550. The predicted molar refractivity (Wildman–Crippen MR) is 92.0 cm³/mol. The summed E-state index contributed by atoms with van der Waals surface area (Å²) in [5, 5.41) is 3.92. The van der Waals surface area contributed by atoms with Crippen molar-refractivity contribution in [3.05, 3.63) is 55.9 Å². The molecule has 0 aliphatic carbocycles. The Bertz CT molecular complexity index is 581. The summed E-state index contributed by atoms with van der Waals surface area (Å²) in [6.07, 6.45) is 0. The van der Waals surface area contributed by atoms with E-state index in [4.69, 9.17) is 16.3 Å². The fourth-order valence-electron chi connectivity index (χ4n) is 1.82. The SMILES string of the molecule is Cc1cc(Br)cc(Cl)c1OCCNc1cccc(Br)c1. The third-order valence-electron chi connectivity index (χ3n) is 2.70. The molecule has 0 radical (unpaired) electrons. The molecule has 0 heterocycles. The van der Waals surface area contributed by atoms with Gasteiger partial charge in [-0.05, 0) is 42.8 Å². The first kappa shape index (κ1) is 15.7. The van der Waals surface area contributed by atoms with Crippen molar-refractivity contribution in [1.82, 2.24) is 0 Å². The van der Waals surface area contributed by atoms with Gasteiger partial charge in [0.05, 0.1) is 5.02 Å². The fraction of sp³-hybridized carbons (Fsp3) is 0.200. The van der Waals surface area contributed by atoms with Crippen LogP contribution in [-0.4, -0.2) is 13.2 Å². The van der Waals surface area contributed by atoms with Crippen molar-refractivity contribution in [2.45, 2.75) is 6.92 Å². The lowest BCUT2D eigenvalue weighted by molar-refractivity contribution is 0.331. The maximum absolute atomic E-state index is 6.17. The summed E-state index contributed by atoms with van der Waals surface area (Å²) in [5.74, 6) is 0.742. The Kier molecular flexibility index (Phi) is 5.75. The van der Waals surface area contributed by atoms with Crippen molar-refractivity contribution in [3.8, 4) is 5.75 Å². The van der Waals surface area contributed by atoms with E-state index in [1.54, 1.807) is 0 Å². The largest absolute Gasteiger partial charge is 0.490 e. The Hall–Kier alpha value is -0.710. The summed E-state index contributed by atoms with van der Waals surface area (Å²) < 4.78 is 7.76. The topological polar surface area (TPSA) is 21.3 Å². The molecular weight excluding hydrogens is 405 g/mol. The summed E-state index contributed by atoms with van der Waals surface area (Å²) in [4.78, 5) is 0. The van der Waals surface area contributed by atoms with E-state index in [2.05, 4.69) is 37.2 Å². The van der Waals surface area contributed by atoms with Gasteiger partial charge in [-0.2, -0.15) is 0 Å². The number of ether oxygens (including phenoxy) is 1. The molecule has 20 heavy (non-hydrogen) atoms. The minimum Gasteiger partial charge on any atom is -0.490 e. The van der Waals surface area contributed by atoms with Crippen molar-refractivity contribution in [3.63, 3.8) is 0 Å². The first-order valence-electron chi connectivity index (χ1n) is 6.14. The molecule has 1 N–H and O–H groups in total. The lowest BCUT2D eigenvalue weighted by Gasteiger charge is -2.12. The highest BCUT2D eigenvalue weighted by Crippen LogP contribution is 2.31. The molecule has 0 atom stereocenters. The third-order valence-corrected chi connectivity index (χ3v) is 3.93. The Morgan fingerprint density at radius 2 is 1.95 bits per heavy atom. The molecule has 0 amide bonds. The standard InChI is InChI=1S/C15H14Br2ClNO/c1-10-7-12(17)9-14(18)15(10)20-6-5-19-13-4-2-3-11(16)8-13/h2-4,7-9,19H,5-6H2,1H3. The van der Waals surface area contributed by atoms with Crippen LogP contribution in [-0.2, 0) is 0 Å². The van der Waals surface area contributed by atoms with E-state index in [0.29, 0.717) is 18.2 Å². The molecule has 2 rings (SSSR count). The van der Waals surface area contributed by atoms with Gasteiger partial charge in [0.25, 0.3) is 0 Å². The zero-order chi connectivity index (χ0) is 14.5. The summed E-state index contributed by atoms with van der Waals surface area (Å²) in [7, 11) is 0. The number of benzene rings is 2. The van der Waals surface area contributed by atoms with Crippen LogP contribution in [0.3, 0.4) is 0 Å². The molecule has 0 bridgehead atoms. The number of anilines is 1. The van der Waals surface area contributed by atoms with Crippen molar-refractivity contribution in [2.24, 2.45) is 0 Å². The monoisotopic (exact) mass is 417 g/mol. The van der Waals surface area contributed by atoms with Gasteiger partial charge in [-0.1, -0.05) is 49.5 Å². The van der Waals surface area contributed by atoms with Crippen molar-refractivity contribution in [1.29, 1.82) is 0 Å². The van der Waals surface area contributed by atoms with E-state index in [1.165, 1.54) is 0 Å². The Labute approximate surface area is 140 Å². The molecule has 2 aromatic carbocycles. The van der Waals surface area contributed by atoms with Gasteiger partial charge in [-0.3, -0.25) is 0 Å². The van der Waals surface area contributed by atoms with E-state index in [9.17, 15) is 0 Å². The second-order valence-corrected chi connectivity index (χ2v) is 6.56. The van der Waals surface area contributed by atoms with Crippen LogP contribution < -0.4 is 10.1 Å². The van der Waals surface area contributed by atoms with Gasteiger partial charge in [-0.25, -0.2) is 0 Å². The van der Waals surface area contributed by atoms with Crippen LogP contribution in [0.2, 0.25) is 5.02 Å². The average molecular weight is 420 g/mol. The lowest BCUT2D eigenvalue weighted by Crippen LogP contribution is -2.12. The van der Waals surface area contributed by atoms with Crippen LogP contribution in [0.1, 0.15) is 5.56 Å². The number of hydrogen-bond donors (Lipinski definition) is 1. The van der Waals surface area contributed by atoms with Gasteiger partial charge in [0.2, 0.25) is 0 Å². The quantitative estimate of drug-likeness (QED) is 0.631. The Balaban J connectivity index is 1.88. The zero-order valence-corrected chi connectivity index (χ0v) is 14.8. The third kappa shape index (κ3) is 4.40. The highest BCUT2D eigenvalue weighted by molar-refractivity contribution is 9.10. The maximum atomic E-state index is 6.17. The molecule has 2 nitrogen and oxygen atoms in total. The summed E-state index contributed by atoms with van der Waals surface area (Å²) in [5.41, 5.74) is 2.08. The van der Waals surface area contributed by atoms with E-state index >= 15 is 0 Å². The second kappa shape index (κ2) is 7.34. The molecule has 0 unspecified atom stereocenters. The number of aryl methyl sites for hydroxylation is 1. The van der Waals surface area contributed by atoms with Crippen molar-refractivity contribution >= 4 is 49.1 Å². The maximum Gasteiger partial charge on any atom is 0.140 e. The molecule has 0 aliphatic rings. The normalized spacial score (nSPS) is 10.4. The molecule has 5 heteroatoms. The molecular formula is C15H14Br2ClNO. The Morgan fingerprint density at radius 1 is 1.15 bits per heavy atom. The summed E-state index contributed by atoms with van der Waals surface area (Å²) in [6.45, 7) is 3.24. The summed E-state index contributed by atoms with van der Waals surface area (Å²) in [6, 6.07) is 11.9. The van der Waals surface area contributed by atoms with Crippen LogP contribution in [0.5, 0.6) is 5.75 Å². The van der Waals surface area contributed by atoms with Gasteiger partial charge >= 0.3 is 0 Å². The van der Waals surface area contributed by atoms with Gasteiger partial charge in [-0.15, -0.1) is 0 Å². The van der Waals surface area contributed by atoms with Crippen LogP contribution in [0.4, 0.5) is 5.69 Å². The highest BCUT2D eigenvalue weighted by atomic mass is 79.9. The molecule has 0 fully saturated rings. The molecule has 2 aromatic rings. The average Bonchev–Trinajstić information content (AvgIpc) is 2.36. The molecule has 0 saturated carbocycles. The number of halogens is 3. The summed E-state index contributed by atoms with van der Waals surface area (Å²) >= 11 is 13.0. The van der Waals surface area contributed by atoms with Crippen LogP contribution in [0, 0.1) is 6.92 Å². The molecule has 0 aromatic heterocycles. The van der Waals surface area contributed by atoms with Crippen molar-refractivity contribution < 1.29 is 4.74 Å². The fourth-order valence-corrected chi connectivity index (χ4v) is 3.24. The number of hydrogen-bond acceptors (Lipinski definition) is 2. The minimum absolute atomic E-state index is 0.550. The van der Waals surface area contributed by atoms with Crippen LogP contribution in [0.15, 0.2) is 45.3 Å². The smallest absolute Gasteiger partial charge is 0.140 e. The van der Waals surface area contributed by atoms with Gasteiger partial charge in [0.1, 0.15) is 12.4 Å². The zero-order valence-electron chi connectivity index (χ0n) is 10.9. The van der Waals surface area contributed by atoms with E-state index in [1.807, 2.05) is 43.3 Å². The molecule has 0 aliphatic heterocycles. The molecule has 0 spiro atoms. The first-order chi connectivity index (χ1) is 9.56. The van der Waals surface area contributed by atoms with Crippen LogP contribution in [0.25, 0.3) is 0 Å². The van der Waals surface area contributed by atoms with Gasteiger partial charge in [0.15, 0.2) is 0 Å².